The van der Waals surface area contributed by atoms with E-state index in [2.05, 4.69) is 29.9 Å². The van der Waals surface area contributed by atoms with Crippen LogP contribution >= 0.6 is 0 Å². The zero-order valence-corrected chi connectivity index (χ0v) is 11.8. The molecular weight excluding hydrogens is 236 g/mol. The van der Waals surface area contributed by atoms with Crippen molar-refractivity contribution in [2.45, 2.75) is 31.1 Å². The molecule has 1 aliphatic rings. The van der Waals surface area contributed by atoms with Crippen molar-refractivity contribution in [2.75, 3.05) is 13.7 Å². The second-order valence-corrected chi connectivity index (χ2v) is 5.70. The van der Waals surface area contributed by atoms with Crippen LogP contribution in [0.25, 0.3) is 10.9 Å². The minimum absolute atomic E-state index is 0.147. The minimum atomic E-state index is 0.147. The van der Waals surface area contributed by atoms with Crippen LogP contribution in [0.5, 0.6) is 5.75 Å². The quantitative estimate of drug-likeness (QED) is 0.919. The van der Waals surface area contributed by atoms with Gasteiger partial charge < -0.3 is 15.0 Å². The van der Waals surface area contributed by atoms with E-state index in [0.717, 1.165) is 12.3 Å². The Kier molecular flexibility index (Phi) is 3.02. The van der Waals surface area contributed by atoms with Gasteiger partial charge in [-0.15, -0.1) is 0 Å². The summed E-state index contributed by atoms with van der Waals surface area (Å²) < 4.78 is 7.77. The maximum atomic E-state index is 6.14. The molecule has 0 spiro atoms. The maximum absolute atomic E-state index is 6.14. The summed E-state index contributed by atoms with van der Waals surface area (Å²) in [6.07, 6.45) is 7.21. The lowest BCUT2D eigenvalue weighted by atomic mass is 9.79. The van der Waals surface area contributed by atoms with E-state index in [-0.39, 0.29) is 5.41 Å². The zero-order valence-electron chi connectivity index (χ0n) is 11.8. The average molecular weight is 258 g/mol. The molecule has 1 aromatic carbocycles. The molecule has 1 aromatic heterocycles. The first-order chi connectivity index (χ1) is 9.22. The summed E-state index contributed by atoms with van der Waals surface area (Å²) in [6, 6.07) is 6.25. The van der Waals surface area contributed by atoms with E-state index in [1.54, 1.807) is 7.11 Å². The number of nitrogens with two attached hydrogens (primary N) is 1. The first-order valence-electron chi connectivity index (χ1n) is 7.04. The molecule has 0 radical (unpaired) electrons. The summed E-state index contributed by atoms with van der Waals surface area (Å²) in [5.74, 6) is 0.966. The van der Waals surface area contributed by atoms with Gasteiger partial charge in [-0.2, -0.15) is 0 Å². The highest BCUT2D eigenvalue weighted by Gasteiger charge is 2.37. The van der Waals surface area contributed by atoms with Gasteiger partial charge in [-0.25, -0.2) is 0 Å². The monoisotopic (exact) mass is 258 g/mol. The normalized spacial score (nSPS) is 18.1. The smallest absolute Gasteiger partial charge is 0.128 e. The lowest BCUT2D eigenvalue weighted by Crippen LogP contribution is -2.31. The SMILES string of the molecule is COc1cccc2c1c(C1(CN)CCCC1)cn2C. The highest BCUT2D eigenvalue weighted by atomic mass is 16.5. The molecule has 1 saturated carbocycles. The Bertz CT molecular complexity index is 594. The predicted molar refractivity (Wildman–Crippen MR) is 78.7 cm³/mol. The fraction of sp³-hybridized carbons (Fsp3) is 0.500. The Balaban J connectivity index is 2.29. The number of hydrogen-bond donors (Lipinski definition) is 1. The summed E-state index contributed by atoms with van der Waals surface area (Å²) in [7, 11) is 3.85. The Morgan fingerprint density at radius 2 is 2.05 bits per heavy atom. The van der Waals surface area contributed by atoms with Crippen LogP contribution in [0.3, 0.4) is 0 Å². The lowest BCUT2D eigenvalue weighted by Gasteiger charge is -2.27. The number of benzene rings is 1. The molecule has 1 heterocycles. The average Bonchev–Trinajstić information content (AvgIpc) is 3.05. The van der Waals surface area contributed by atoms with Gasteiger partial charge in [-0.3, -0.25) is 0 Å². The van der Waals surface area contributed by atoms with Gasteiger partial charge in [-0.05, 0) is 30.5 Å². The van der Waals surface area contributed by atoms with E-state index < -0.39 is 0 Å². The van der Waals surface area contributed by atoms with Crippen molar-refractivity contribution in [3.63, 3.8) is 0 Å². The summed E-state index contributed by atoms with van der Waals surface area (Å²) >= 11 is 0. The summed E-state index contributed by atoms with van der Waals surface area (Å²) in [5, 5.41) is 1.25. The second kappa shape index (κ2) is 4.57. The molecule has 0 saturated heterocycles. The van der Waals surface area contributed by atoms with Crippen molar-refractivity contribution >= 4 is 10.9 Å². The van der Waals surface area contributed by atoms with Gasteiger partial charge in [0.05, 0.1) is 12.6 Å². The number of nitrogens with zero attached hydrogens (tertiary/aromatic N) is 1. The third-order valence-corrected chi connectivity index (χ3v) is 4.72. The molecule has 3 heteroatoms. The predicted octanol–water partition coefficient (Wildman–Crippen LogP) is 2.96. The molecule has 2 aromatic rings. The van der Waals surface area contributed by atoms with E-state index in [4.69, 9.17) is 10.5 Å². The van der Waals surface area contributed by atoms with Crippen molar-refractivity contribution in [3.05, 3.63) is 30.0 Å². The number of fused-ring (bicyclic) bond motifs is 1. The van der Waals surface area contributed by atoms with Crippen LogP contribution in [0.4, 0.5) is 0 Å². The zero-order chi connectivity index (χ0) is 13.5. The minimum Gasteiger partial charge on any atom is -0.496 e. The second-order valence-electron chi connectivity index (χ2n) is 5.70. The number of ether oxygens (including phenoxy) is 1. The third kappa shape index (κ3) is 1.76. The van der Waals surface area contributed by atoms with E-state index in [0.29, 0.717) is 0 Å². The van der Waals surface area contributed by atoms with Crippen LogP contribution < -0.4 is 10.5 Å². The fourth-order valence-electron chi connectivity index (χ4n) is 3.62. The molecule has 0 atom stereocenters. The molecular formula is C16H22N2O. The van der Waals surface area contributed by atoms with Crippen LogP contribution in [-0.4, -0.2) is 18.2 Å². The van der Waals surface area contributed by atoms with Crippen molar-refractivity contribution < 1.29 is 4.74 Å². The van der Waals surface area contributed by atoms with Crippen LogP contribution in [0.15, 0.2) is 24.4 Å². The number of hydrogen-bond acceptors (Lipinski definition) is 2. The highest BCUT2D eigenvalue weighted by molar-refractivity contribution is 5.91. The molecule has 0 bridgehead atoms. The Hall–Kier alpha value is -1.48. The molecule has 1 aliphatic carbocycles. The highest BCUT2D eigenvalue weighted by Crippen LogP contribution is 2.45. The number of rotatable bonds is 3. The van der Waals surface area contributed by atoms with Gasteiger partial charge in [0.25, 0.3) is 0 Å². The number of aromatic nitrogens is 1. The first-order valence-corrected chi connectivity index (χ1v) is 7.04. The van der Waals surface area contributed by atoms with Gasteiger partial charge in [0.1, 0.15) is 5.75 Å². The summed E-state index contributed by atoms with van der Waals surface area (Å²) in [4.78, 5) is 0. The maximum Gasteiger partial charge on any atom is 0.128 e. The van der Waals surface area contributed by atoms with E-state index in [9.17, 15) is 0 Å². The van der Waals surface area contributed by atoms with Crippen LogP contribution in [0.2, 0.25) is 0 Å². The lowest BCUT2D eigenvalue weighted by molar-refractivity contribution is 0.416. The van der Waals surface area contributed by atoms with E-state index in [1.165, 1.54) is 42.1 Å². The topological polar surface area (TPSA) is 40.2 Å². The molecule has 102 valence electrons. The van der Waals surface area contributed by atoms with Crippen LogP contribution in [0, 0.1) is 0 Å². The van der Waals surface area contributed by atoms with Crippen molar-refractivity contribution in [2.24, 2.45) is 12.8 Å². The molecule has 1 fully saturated rings. The number of methoxy groups -OCH3 is 1. The third-order valence-electron chi connectivity index (χ3n) is 4.72. The largest absolute Gasteiger partial charge is 0.496 e. The standard InChI is InChI=1S/C16H22N2O/c1-18-10-12(16(11-17)8-3-4-9-16)15-13(18)6-5-7-14(15)19-2/h5-7,10H,3-4,8-9,11,17H2,1-2H3. The van der Waals surface area contributed by atoms with Crippen LogP contribution in [0.1, 0.15) is 31.2 Å². The van der Waals surface area contributed by atoms with Gasteiger partial charge in [-0.1, -0.05) is 18.9 Å². The molecule has 3 rings (SSSR count). The Morgan fingerprint density at radius 1 is 1.32 bits per heavy atom. The van der Waals surface area contributed by atoms with Gasteiger partial charge >= 0.3 is 0 Å². The van der Waals surface area contributed by atoms with Gasteiger partial charge in [0.2, 0.25) is 0 Å². The summed E-state index contributed by atoms with van der Waals surface area (Å²) in [5.41, 5.74) is 8.90. The van der Waals surface area contributed by atoms with Crippen molar-refractivity contribution in [1.29, 1.82) is 0 Å². The van der Waals surface area contributed by atoms with Crippen LogP contribution in [-0.2, 0) is 12.5 Å². The molecule has 3 nitrogen and oxygen atoms in total. The summed E-state index contributed by atoms with van der Waals surface area (Å²) in [6.45, 7) is 0.726. The first kappa shape index (κ1) is 12.5. The Morgan fingerprint density at radius 3 is 2.68 bits per heavy atom. The van der Waals surface area contributed by atoms with E-state index in [1.807, 2.05) is 6.07 Å². The molecule has 2 N–H and O–H groups in total. The number of aryl methyl sites for hydroxylation is 1. The fourth-order valence-corrected chi connectivity index (χ4v) is 3.62. The molecule has 0 unspecified atom stereocenters. The molecule has 0 amide bonds. The van der Waals surface area contributed by atoms with Gasteiger partial charge in [0, 0.05) is 30.6 Å². The molecule has 19 heavy (non-hydrogen) atoms. The van der Waals surface area contributed by atoms with Crippen molar-refractivity contribution in [1.82, 2.24) is 4.57 Å². The Labute approximate surface area is 114 Å². The van der Waals surface area contributed by atoms with Gasteiger partial charge in [0.15, 0.2) is 0 Å². The van der Waals surface area contributed by atoms with Crippen molar-refractivity contribution in [3.8, 4) is 5.75 Å². The molecule has 0 aliphatic heterocycles. The van der Waals surface area contributed by atoms with E-state index >= 15 is 0 Å².